The fourth-order valence-electron chi connectivity index (χ4n) is 0.934. The van der Waals surface area contributed by atoms with Gasteiger partial charge in [0.2, 0.25) is 0 Å². The molecule has 6 heteroatoms. The van der Waals surface area contributed by atoms with Gasteiger partial charge in [0.15, 0.2) is 0 Å². The maximum atomic E-state index is 11.0. The van der Waals surface area contributed by atoms with E-state index in [4.69, 9.17) is 10.2 Å². The number of hydrogen-bond acceptors (Lipinski definition) is 4. The van der Waals surface area contributed by atoms with Crippen LogP contribution in [0.25, 0.3) is 0 Å². The van der Waals surface area contributed by atoms with Gasteiger partial charge in [-0.25, -0.2) is 0 Å². The summed E-state index contributed by atoms with van der Waals surface area (Å²) in [4.78, 5) is 31.9. The zero-order valence-electron chi connectivity index (χ0n) is 8.43. The lowest BCUT2D eigenvalue weighted by atomic mass is 10.0. The van der Waals surface area contributed by atoms with Gasteiger partial charge >= 0.3 is 17.9 Å². The first-order valence-corrected chi connectivity index (χ1v) is 4.57. The van der Waals surface area contributed by atoms with Crippen LogP contribution in [-0.4, -0.2) is 34.7 Å². The Morgan fingerprint density at radius 1 is 1.20 bits per heavy atom. The van der Waals surface area contributed by atoms with Crippen LogP contribution in [0.5, 0.6) is 0 Å². The van der Waals surface area contributed by atoms with Crippen molar-refractivity contribution in [3.8, 4) is 0 Å². The van der Waals surface area contributed by atoms with E-state index in [9.17, 15) is 14.4 Å². The maximum absolute atomic E-state index is 11.0. The molecule has 86 valence electrons. The molecule has 0 radical (unpaired) electrons. The molecular weight excluding hydrogens is 204 g/mol. The third-order valence-electron chi connectivity index (χ3n) is 1.65. The van der Waals surface area contributed by atoms with Crippen LogP contribution in [0, 0.1) is 5.92 Å². The molecule has 0 aromatic carbocycles. The molecule has 0 spiro atoms. The lowest BCUT2D eigenvalue weighted by molar-refractivity contribution is -0.154. The highest BCUT2D eigenvalue weighted by atomic mass is 16.5. The minimum atomic E-state index is -1.30. The highest BCUT2D eigenvalue weighted by Crippen LogP contribution is 2.10. The summed E-state index contributed by atoms with van der Waals surface area (Å²) in [7, 11) is 0. The molecule has 0 aliphatic rings. The molecule has 0 rings (SSSR count). The number of rotatable bonds is 7. The zero-order valence-corrected chi connectivity index (χ0v) is 8.43. The Kier molecular flexibility index (Phi) is 6.08. The lowest BCUT2D eigenvalue weighted by Crippen LogP contribution is -2.22. The first-order chi connectivity index (χ1) is 6.97. The fourth-order valence-corrected chi connectivity index (χ4v) is 0.934. The minimum Gasteiger partial charge on any atom is -0.481 e. The SMILES string of the molecule is CCCOC(=O)CC(CC(=O)O)C(=O)O. The van der Waals surface area contributed by atoms with E-state index in [1.165, 1.54) is 0 Å². The van der Waals surface area contributed by atoms with E-state index in [1.807, 2.05) is 0 Å². The number of hydrogen-bond donors (Lipinski definition) is 2. The molecule has 0 fully saturated rings. The second kappa shape index (κ2) is 6.80. The second-order valence-corrected chi connectivity index (χ2v) is 3.06. The monoisotopic (exact) mass is 218 g/mol. The number of aliphatic carboxylic acids is 2. The zero-order chi connectivity index (χ0) is 11.8. The quantitative estimate of drug-likeness (QED) is 0.603. The molecule has 2 N–H and O–H groups in total. The first-order valence-electron chi connectivity index (χ1n) is 4.57. The van der Waals surface area contributed by atoms with Crippen molar-refractivity contribution in [2.24, 2.45) is 5.92 Å². The third-order valence-corrected chi connectivity index (χ3v) is 1.65. The van der Waals surface area contributed by atoms with E-state index in [2.05, 4.69) is 4.74 Å². The van der Waals surface area contributed by atoms with Gasteiger partial charge in [0.25, 0.3) is 0 Å². The number of carboxylic acids is 2. The topological polar surface area (TPSA) is 101 Å². The Bertz CT molecular complexity index is 247. The Morgan fingerprint density at radius 3 is 2.20 bits per heavy atom. The summed E-state index contributed by atoms with van der Waals surface area (Å²) in [6.07, 6.45) is -0.333. The van der Waals surface area contributed by atoms with Crippen molar-refractivity contribution in [1.82, 2.24) is 0 Å². The average molecular weight is 218 g/mol. The molecule has 0 aliphatic heterocycles. The van der Waals surface area contributed by atoms with Gasteiger partial charge in [-0.2, -0.15) is 0 Å². The number of carbonyl (C=O) groups is 3. The molecule has 0 saturated heterocycles. The standard InChI is InChI=1S/C9H14O6/c1-2-3-15-8(12)5-6(9(13)14)4-7(10)11/h6H,2-5H2,1H3,(H,10,11)(H,13,14). The van der Waals surface area contributed by atoms with Gasteiger partial charge in [-0.15, -0.1) is 0 Å². The van der Waals surface area contributed by atoms with E-state index in [0.29, 0.717) is 6.42 Å². The predicted molar refractivity (Wildman–Crippen MR) is 49.2 cm³/mol. The van der Waals surface area contributed by atoms with Crippen LogP contribution in [0.4, 0.5) is 0 Å². The summed E-state index contributed by atoms with van der Waals surface area (Å²) in [5, 5.41) is 17.0. The van der Waals surface area contributed by atoms with E-state index < -0.39 is 36.7 Å². The van der Waals surface area contributed by atoms with E-state index >= 15 is 0 Å². The Morgan fingerprint density at radius 2 is 1.80 bits per heavy atom. The van der Waals surface area contributed by atoms with Gasteiger partial charge < -0.3 is 14.9 Å². The van der Waals surface area contributed by atoms with Crippen LogP contribution in [0.3, 0.4) is 0 Å². The van der Waals surface area contributed by atoms with Crippen LogP contribution >= 0.6 is 0 Å². The molecule has 0 aromatic heterocycles. The number of ether oxygens (including phenoxy) is 1. The van der Waals surface area contributed by atoms with Crippen molar-refractivity contribution in [3.63, 3.8) is 0 Å². The Balaban J connectivity index is 4.10. The molecule has 0 amide bonds. The van der Waals surface area contributed by atoms with Gasteiger partial charge in [-0.3, -0.25) is 14.4 Å². The van der Waals surface area contributed by atoms with E-state index in [0.717, 1.165) is 0 Å². The fraction of sp³-hybridized carbons (Fsp3) is 0.667. The van der Waals surface area contributed by atoms with Gasteiger partial charge in [-0.05, 0) is 6.42 Å². The van der Waals surface area contributed by atoms with Crippen molar-refractivity contribution in [1.29, 1.82) is 0 Å². The van der Waals surface area contributed by atoms with E-state index in [1.54, 1.807) is 6.92 Å². The molecule has 0 aliphatic carbocycles. The van der Waals surface area contributed by atoms with Crippen molar-refractivity contribution in [3.05, 3.63) is 0 Å². The van der Waals surface area contributed by atoms with Gasteiger partial charge in [0.1, 0.15) is 0 Å². The highest BCUT2D eigenvalue weighted by Gasteiger charge is 2.24. The minimum absolute atomic E-state index is 0.220. The number of carbonyl (C=O) groups excluding carboxylic acids is 1. The molecule has 0 saturated carbocycles. The summed E-state index contributed by atoms with van der Waals surface area (Å²) < 4.78 is 4.66. The van der Waals surface area contributed by atoms with Gasteiger partial charge in [0.05, 0.1) is 25.4 Å². The van der Waals surface area contributed by atoms with E-state index in [-0.39, 0.29) is 6.61 Å². The Hall–Kier alpha value is -1.59. The van der Waals surface area contributed by atoms with Gasteiger partial charge in [0, 0.05) is 0 Å². The molecular formula is C9H14O6. The molecule has 0 bridgehead atoms. The summed E-state index contributed by atoms with van der Waals surface area (Å²) in [5.74, 6) is -4.44. The van der Waals surface area contributed by atoms with Crippen LogP contribution in [0.15, 0.2) is 0 Å². The van der Waals surface area contributed by atoms with Crippen LogP contribution in [0.1, 0.15) is 26.2 Å². The third kappa shape index (κ3) is 6.48. The predicted octanol–water partition coefficient (Wildman–Crippen LogP) is 0.505. The number of esters is 1. The van der Waals surface area contributed by atoms with Crippen molar-refractivity contribution in [2.75, 3.05) is 6.61 Å². The highest BCUT2D eigenvalue weighted by molar-refractivity contribution is 5.82. The van der Waals surface area contributed by atoms with Crippen LogP contribution in [0.2, 0.25) is 0 Å². The molecule has 0 heterocycles. The number of carboxylic acid groups (broad SMARTS) is 2. The maximum Gasteiger partial charge on any atom is 0.307 e. The summed E-state index contributed by atoms with van der Waals surface area (Å²) in [6, 6.07) is 0. The molecule has 15 heavy (non-hydrogen) atoms. The van der Waals surface area contributed by atoms with Crippen molar-refractivity contribution in [2.45, 2.75) is 26.2 Å². The van der Waals surface area contributed by atoms with Crippen molar-refractivity contribution < 1.29 is 29.3 Å². The molecule has 6 nitrogen and oxygen atoms in total. The molecule has 1 unspecified atom stereocenters. The smallest absolute Gasteiger partial charge is 0.307 e. The van der Waals surface area contributed by atoms with Gasteiger partial charge in [-0.1, -0.05) is 6.92 Å². The lowest BCUT2D eigenvalue weighted by Gasteiger charge is -2.08. The first kappa shape index (κ1) is 13.4. The Labute approximate surface area is 86.8 Å². The summed E-state index contributed by atoms with van der Waals surface area (Å²) in [5.41, 5.74) is 0. The average Bonchev–Trinajstić information content (AvgIpc) is 2.12. The second-order valence-electron chi connectivity index (χ2n) is 3.06. The largest absolute Gasteiger partial charge is 0.481 e. The molecule has 0 aromatic rings. The molecule has 1 atom stereocenters. The van der Waals surface area contributed by atoms with Crippen molar-refractivity contribution >= 4 is 17.9 Å². The summed E-state index contributed by atoms with van der Waals surface area (Å²) in [6.45, 7) is 2.03. The van der Waals surface area contributed by atoms with Crippen LogP contribution in [-0.2, 0) is 19.1 Å². The summed E-state index contributed by atoms with van der Waals surface area (Å²) >= 11 is 0. The normalized spacial score (nSPS) is 11.8. The van der Waals surface area contributed by atoms with Crippen LogP contribution < -0.4 is 0 Å².